The van der Waals surface area contributed by atoms with E-state index in [2.05, 4.69) is 32.0 Å². The summed E-state index contributed by atoms with van der Waals surface area (Å²) in [7, 11) is 0. The van der Waals surface area contributed by atoms with Gasteiger partial charge in [-0.3, -0.25) is 0 Å². The van der Waals surface area contributed by atoms with Gasteiger partial charge in [0.1, 0.15) is 0 Å². The Labute approximate surface area is 115 Å². The van der Waals surface area contributed by atoms with Gasteiger partial charge in [0.15, 0.2) is 0 Å². The highest BCUT2D eigenvalue weighted by Crippen LogP contribution is 2.34. The Morgan fingerprint density at radius 3 is 2.74 bits per heavy atom. The fraction of sp³-hybridized carbons (Fsp3) is 0.625. The molecule has 0 aromatic heterocycles. The molecule has 0 radical (unpaired) electrons. The highest BCUT2D eigenvalue weighted by Gasteiger charge is 2.36. The van der Waals surface area contributed by atoms with Crippen molar-refractivity contribution >= 4 is 0 Å². The molecule has 1 heterocycles. The molecule has 2 rings (SSSR count). The molecule has 0 amide bonds. The van der Waals surface area contributed by atoms with E-state index in [1.807, 2.05) is 6.07 Å². The second-order valence-corrected chi connectivity index (χ2v) is 5.86. The molecule has 1 fully saturated rings. The molecule has 0 saturated carbocycles. The van der Waals surface area contributed by atoms with Gasteiger partial charge in [0, 0.05) is 12.0 Å². The molecule has 0 spiro atoms. The minimum atomic E-state index is -0.374. The lowest BCUT2D eigenvalue weighted by molar-refractivity contribution is 0.0269. The van der Waals surface area contributed by atoms with Crippen molar-refractivity contribution in [3.05, 3.63) is 35.4 Å². The van der Waals surface area contributed by atoms with E-state index in [0.717, 1.165) is 24.8 Å². The number of benzene rings is 1. The van der Waals surface area contributed by atoms with Crippen LogP contribution in [-0.2, 0) is 10.2 Å². The van der Waals surface area contributed by atoms with E-state index in [-0.39, 0.29) is 18.1 Å². The molecule has 1 aliphatic rings. The first kappa shape index (κ1) is 14.5. The fourth-order valence-corrected chi connectivity index (χ4v) is 2.99. The molecule has 1 aromatic carbocycles. The predicted molar refractivity (Wildman–Crippen MR) is 77.2 cm³/mol. The summed E-state index contributed by atoms with van der Waals surface area (Å²) in [6.45, 7) is 4.69. The molecule has 19 heavy (non-hydrogen) atoms. The molecule has 3 nitrogen and oxygen atoms in total. The monoisotopic (exact) mass is 263 g/mol. The molecule has 3 heteroatoms. The third kappa shape index (κ3) is 3.16. The van der Waals surface area contributed by atoms with Crippen LogP contribution in [0.2, 0.25) is 0 Å². The number of hydrogen-bond donors (Lipinski definition) is 2. The van der Waals surface area contributed by atoms with Gasteiger partial charge in [0.05, 0.1) is 18.8 Å². The molecule has 1 saturated heterocycles. The number of aryl methyl sites for hydroxylation is 1. The van der Waals surface area contributed by atoms with Crippen molar-refractivity contribution in [2.45, 2.75) is 50.7 Å². The van der Waals surface area contributed by atoms with Crippen molar-refractivity contribution in [3.8, 4) is 0 Å². The van der Waals surface area contributed by atoms with Crippen LogP contribution in [0.5, 0.6) is 0 Å². The maximum atomic E-state index is 9.91. The summed E-state index contributed by atoms with van der Waals surface area (Å²) in [6.07, 6.45) is 3.51. The predicted octanol–water partition coefficient (Wildman–Crippen LogP) is 2.14. The summed E-state index contributed by atoms with van der Waals surface area (Å²) in [5.74, 6) is 0. The summed E-state index contributed by atoms with van der Waals surface area (Å²) >= 11 is 0. The molecule has 106 valence electrons. The number of rotatable bonds is 5. The molecule has 3 unspecified atom stereocenters. The van der Waals surface area contributed by atoms with Crippen LogP contribution < -0.4 is 5.73 Å². The first-order valence-electron chi connectivity index (χ1n) is 7.13. The maximum Gasteiger partial charge on any atom is 0.0589 e. The zero-order chi connectivity index (χ0) is 13.9. The Morgan fingerprint density at radius 2 is 2.21 bits per heavy atom. The molecule has 0 aliphatic carbocycles. The molecule has 1 aliphatic heterocycles. The number of ether oxygens (including phenoxy) is 1. The number of nitrogens with two attached hydrogens (primary N) is 1. The van der Waals surface area contributed by atoms with E-state index in [0.29, 0.717) is 12.6 Å². The Kier molecular flexibility index (Phi) is 4.61. The summed E-state index contributed by atoms with van der Waals surface area (Å²) in [5.41, 5.74) is 7.95. The van der Waals surface area contributed by atoms with Crippen LogP contribution in [0.3, 0.4) is 0 Å². The molecular weight excluding hydrogens is 238 g/mol. The fourth-order valence-electron chi connectivity index (χ4n) is 2.99. The Hall–Kier alpha value is -0.900. The van der Waals surface area contributed by atoms with Gasteiger partial charge in [-0.25, -0.2) is 0 Å². The highest BCUT2D eigenvalue weighted by atomic mass is 16.5. The van der Waals surface area contributed by atoms with Crippen molar-refractivity contribution in [1.82, 2.24) is 0 Å². The van der Waals surface area contributed by atoms with Gasteiger partial charge in [-0.1, -0.05) is 29.8 Å². The highest BCUT2D eigenvalue weighted by molar-refractivity contribution is 5.30. The van der Waals surface area contributed by atoms with Crippen LogP contribution in [0.4, 0.5) is 0 Å². The average Bonchev–Trinajstić information content (AvgIpc) is 2.81. The normalized spacial score (nSPS) is 26.3. The molecule has 0 bridgehead atoms. The Bertz CT molecular complexity index is 415. The topological polar surface area (TPSA) is 55.5 Å². The van der Waals surface area contributed by atoms with E-state index in [4.69, 9.17) is 10.5 Å². The SMILES string of the molecule is Cc1cccc(C(CN)(CO)CC2CCC(C)O2)c1. The van der Waals surface area contributed by atoms with E-state index in [9.17, 15) is 5.11 Å². The summed E-state index contributed by atoms with van der Waals surface area (Å²) in [4.78, 5) is 0. The quantitative estimate of drug-likeness (QED) is 0.855. The second kappa shape index (κ2) is 6.04. The first-order chi connectivity index (χ1) is 9.09. The van der Waals surface area contributed by atoms with Crippen LogP contribution in [0.25, 0.3) is 0 Å². The van der Waals surface area contributed by atoms with E-state index >= 15 is 0 Å². The summed E-state index contributed by atoms with van der Waals surface area (Å²) in [6, 6.07) is 8.29. The van der Waals surface area contributed by atoms with Crippen molar-refractivity contribution in [1.29, 1.82) is 0 Å². The lowest BCUT2D eigenvalue weighted by atomic mass is 9.76. The number of aliphatic hydroxyl groups is 1. The molecule has 3 atom stereocenters. The molecule has 1 aromatic rings. The van der Waals surface area contributed by atoms with Gasteiger partial charge in [-0.15, -0.1) is 0 Å². The minimum absolute atomic E-state index is 0.0706. The van der Waals surface area contributed by atoms with Crippen molar-refractivity contribution in [2.24, 2.45) is 5.73 Å². The van der Waals surface area contributed by atoms with Crippen molar-refractivity contribution in [2.75, 3.05) is 13.2 Å². The standard InChI is InChI=1S/C16H25NO2/c1-12-4-3-5-14(8-12)16(10-17,11-18)9-15-7-6-13(2)19-15/h3-5,8,13,15,18H,6-7,9-11,17H2,1-2H3. The maximum absolute atomic E-state index is 9.91. The van der Waals surface area contributed by atoms with Crippen molar-refractivity contribution < 1.29 is 9.84 Å². The summed E-state index contributed by atoms with van der Waals surface area (Å²) in [5, 5.41) is 9.91. The smallest absolute Gasteiger partial charge is 0.0589 e. The number of hydrogen-bond acceptors (Lipinski definition) is 3. The van der Waals surface area contributed by atoms with Gasteiger partial charge in [0.25, 0.3) is 0 Å². The lowest BCUT2D eigenvalue weighted by Gasteiger charge is -2.33. The third-order valence-electron chi connectivity index (χ3n) is 4.26. The van der Waals surface area contributed by atoms with Gasteiger partial charge in [0.2, 0.25) is 0 Å². The van der Waals surface area contributed by atoms with Crippen LogP contribution in [-0.4, -0.2) is 30.5 Å². The van der Waals surface area contributed by atoms with Crippen LogP contribution >= 0.6 is 0 Å². The van der Waals surface area contributed by atoms with E-state index in [1.54, 1.807) is 0 Å². The zero-order valence-electron chi connectivity index (χ0n) is 11.9. The third-order valence-corrected chi connectivity index (χ3v) is 4.26. The number of aliphatic hydroxyl groups excluding tert-OH is 1. The van der Waals surface area contributed by atoms with Gasteiger partial charge >= 0.3 is 0 Å². The largest absolute Gasteiger partial charge is 0.395 e. The zero-order valence-corrected chi connectivity index (χ0v) is 11.9. The van der Waals surface area contributed by atoms with Gasteiger partial charge < -0.3 is 15.6 Å². The Balaban J connectivity index is 2.21. The van der Waals surface area contributed by atoms with Crippen molar-refractivity contribution in [3.63, 3.8) is 0 Å². The molecule has 3 N–H and O–H groups in total. The van der Waals surface area contributed by atoms with Crippen LogP contribution in [0.1, 0.15) is 37.3 Å². The van der Waals surface area contributed by atoms with Crippen LogP contribution in [0, 0.1) is 6.92 Å². The van der Waals surface area contributed by atoms with Gasteiger partial charge in [-0.05, 0) is 38.7 Å². The van der Waals surface area contributed by atoms with Crippen LogP contribution in [0.15, 0.2) is 24.3 Å². The van der Waals surface area contributed by atoms with Gasteiger partial charge in [-0.2, -0.15) is 0 Å². The van der Waals surface area contributed by atoms with E-state index < -0.39 is 0 Å². The minimum Gasteiger partial charge on any atom is -0.395 e. The molecular formula is C16H25NO2. The first-order valence-corrected chi connectivity index (χ1v) is 7.13. The Morgan fingerprint density at radius 1 is 1.42 bits per heavy atom. The summed E-state index contributed by atoms with van der Waals surface area (Å²) < 4.78 is 5.91. The van der Waals surface area contributed by atoms with E-state index in [1.165, 1.54) is 5.56 Å². The second-order valence-electron chi connectivity index (χ2n) is 5.86. The average molecular weight is 263 g/mol. The lowest BCUT2D eigenvalue weighted by Crippen LogP contribution is -2.42.